The Morgan fingerprint density at radius 1 is 0.969 bits per heavy atom. The highest BCUT2D eigenvalue weighted by molar-refractivity contribution is 5.65. The van der Waals surface area contributed by atoms with Crippen LogP contribution in [0.3, 0.4) is 0 Å². The van der Waals surface area contributed by atoms with Crippen molar-refractivity contribution in [1.82, 2.24) is 5.06 Å². The van der Waals surface area contributed by atoms with E-state index in [1.807, 2.05) is 0 Å². The van der Waals surface area contributed by atoms with Crippen molar-refractivity contribution in [3.05, 3.63) is 0 Å². The van der Waals surface area contributed by atoms with E-state index < -0.39 is 6.09 Å². The van der Waals surface area contributed by atoms with E-state index in [0.29, 0.717) is 17.4 Å². The predicted octanol–water partition coefficient (Wildman–Crippen LogP) is 7.47. The van der Waals surface area contributed by atoms with E-state index in [1.165, 1.54) is 84.2 Å². The van der Waals surface area contributed by atoms with Crippen molar-refractivity contribution >= 4 is 6.09 Å². The summed E-state index contributed by atoms with van der Waals surface area (Å²) in [6, 6.07) is 0. The van der Waals surface area contributed by atoms with Crippen LogP contribution in [-0.4, -0.2) is 31.9 Å². The van der Waals surface area contributed by atoms with Crippen molar-refractivity contribution in [2.45, 2.75) is 104 Å². The van der Waals surface area contributed by atoms with E-state index >= 15 is 0 Å². The van der Waals surface area contributed by atoms with Gasteiger partial charge in [-0.3, -0.25) is 4.84 Å². The molecular weight excluding hydrogens is 398 g/mol. The van der Waals surface area contributed by atoms with Crippen molar-refractivity contribution in [1.29, 1.82) is 0 Å². The summed E-state index contributed by atoms with van der Waals surface area (Å²) in [5.41, 5.74) is 1.17. The third kappa shape index (κ3) is 4.23. The van der Waals surface area contributed by atoms with Gasteiger partial charge < -0.3 is 4.74 Å². The molecular formula is C28H49NO3. The van der Waals surface area contributed by atoms with Crippen LogP contribution in [-0.2, 0) is 9.57 Å². The highest BCUT2D eigenvalue weighted by atomic mass is 16.7. The van der Waals surface area contributed by atoms with Crippen molar-refractivity contribution in [2.24, 2.45) is 46.3 Å². The number of unbranched alkanes of at least 4 members (excludes halogenated alkanes) is 1. The standard InChI is InChI=1S/C28H49NO3/c1-6-20-19-22-24-14-13-21(11-8-10-18-32-26(30)29(4)31-5)27(24,2)17-15-25(22)28(3)16-9-7-12-23(20)28/h20-25H,6-19H2,1-5H3/t20-,21?,22?,23?,24?,25-,27?,28?/m0/s1. The lowest BCUT2D eigenvalue weighted by molar-refractivity contribution is -0.135. The Hall–Kier alpha value is -0.770. The molecule has 0 spiro atoms. The molecule has 4 fully saturated rings. The van der Waals surface area contributed by atoms with E-state index in [1.54, 1.807) is 7.05 Å². The fraction of sp³-hybridized carbons (Fsp3) is 0.964. The van der Waals surface area contributed by atoms with Crippen molar-refractivity contribution in [2.75, 3.05) is 20.8 Å². The van der Waals surface area contributed by atoms with Gasteiger partial charge in [0, 0.05) is 7.05 Å². The minimum atomic E-state index is -0.393. The molecule has 4 heteroatoms. The minimum absolute atomic E-state index is 0.393. The summed E-state index contributed by atoms with van der Waals surface area (Å²) >= 11 is 0. The van der Waals surface area contributed by atoms with E-state index in [9.17, 15) is 4.79 Å². The number of carbonyl (C=O) groups excluding carboxylic acids is 1. The number of nitrogens with zero attached hydrogens (tertiary/aromatic N) is 1. The first-order valence-electron chi connectivity index (χ1n) is 13.8. The highest BCUT2D eigenvalue weighted by Crippen LogP contribution is 2.69. The average Bonchev–Trinajstić information content (AvgIpc) is 3.13. The van der Waals surface area contributed by atoms with Crippen molar-refractivity contribution in [3.8, 4) is 0 Å². The van der Waals surface area contributed by atoms with Crippen LogP contribution in [0.15, 0.2) is 0 Å². The molecule has 4 aliphatic rings. The first-order valence-corrected chi connectivity index (χ1v) is 13.8. The maximum atomic E-state index is 11.7. The number of hydroxylamine groups is 2. The molecule has 184 valence electrons. The Morgan fingerprint density at radius 2 is 1.75 bits per heavy atom. The zero-order valence-corrected chi connectivity index (χ0v) is 21.5. The summed E-state index contributed by atoms with van der Waals surface area (Å²) in [5, 5.41) is 1.14. The first-order chi connectivity index (χ1) is 15.3. The minimum Gasteiger partial charge on any atom is -0.448 e. The zero-order chi connectivity index (χ0) is 22.9. The Morgan fingerprint density at radius 3 is 2.50 bits per heavy atom. The van der Waals surface area contributed by atoms with Crippen LogP contribution in [0.4, 0.5) is 4.79 Å². The van der Waals surface area contributed by atoms with Crippen LogP contribution in [0.2, 0.25) is 0 Å². The van der Waals surface area contributed by atoms with Crippen LogP contribution < -0.4 is 0 Å². The fourth-order valence-electron chi connectivity index (χ4n) is 9.42. The Kier molecular flexibility index (Phi) is 7.49. The quantitative estimate of drug-likeness (QED) is 0.300. The van der Waals surface area contributed by atoms with Gasteiger partial charge in [0.25, 0.3) is 0 Å². The lowest BCUT2D eigenvalue weighted by atomic mass is 9.42. The monoisotopic (exact) mass is 447 g/mol. The third-order valence-corrected chi connectivity index (χ3v) is 11.2. The van der Waals surface area contributed by atoms with Gasteiger partial charge in [0.2, 0.25) is 0 Å². The van der Waals surface area contributed by atoms with Crippen LogP contribution in [0, 0.1) is 46.3 Å². The molecule has 0 heterocycles. The van der Waals surface area contributed by atoms with Crippen LogP contribution in [0.5, 0.6) is 0 Å². The molecule has 4 rings (SSSR count). The molecule has 32 heavy (non-hydrogen) atoms. The van der Waals surface area contributed by atoms with Gasteiger partial charge in [-0.25, -0.2) is 4.79 Å². The second kappa shape index (κ2) is 9.84. The number of hydrogen-bond acceptors (Lipinski definition) is 3. The van der Waals surface area contributed by atoms with E-state index in [2.05, 4.69) is 20.8 Å². The number of rotatable bonds is 7. The normalized spacial score (nSPS) is 43.2. The molecule has 4 saturated carbocycles. The summed E-state index contributed by atoms with van der Waals surface area (Å²) in [4.78, 5) is 16.6. The Balaban J connectivity index is 1.35. The maximum absolute atomic E-state index is 11.7. The molecule has 8 atom stereocenters. The third-order valence-electron chi connectivity index (χ3n) is 11.2. The molecule has 0 aliphatic heterocycles. The van der Waals surface area contributed by atoms with E-state index in [0.717, 1.165) is 47.0 Å². The van der Waals surface area contributed by atoms with Gasteiger partial charge >= 0.3 is 6.09 Å². The van der Waals surface area contributed by atoms with Gasteiger partial charge in [0.05, 0.1) is 13.7 Å². The van der Waals surface area contributed by atoms with Gasteiger partial charge in [-0.1, -0.05) is 40.0 Å². The predicted molar refractivity (Wildman–Crippen MR) is 129 cm³/mol. The highest BCUT2D eigenvalue weighted by Gasteiger charge is 2.60. The largest absolute Gasteiger partial charge is 0.448 e. The molecule has 0 radical (unpaired) electrons. The summed E-state index contributed by atoms with van der Waals surface area (Å²) < 4.78 is 5.31. The molecule has 0 aromatic heterocycles. The lowest BCUT2D eigenvalue weighted by Gasteiger charge is -2.62. The van der Waals surface area contributed by atoms with E-state index in [-0.39, 0.29) is 0 Å². The molecule has 0 bridgehead atoms. The topological polar surface area (TPSA) is 38.8 Å². The summed E-state index contributed by atoms with van der Waals surface area (Å²) in [6.45, 7) is 8.35. The molecule has 0 aromatic carbocycles. The SMILES string of the molecule is CC[C@H]1CC2C3CCC(CCCCOC(=O)N(C)OC)C3(C)CC[C@@H]2C2(C)CCCCC12. The molecule has 4 nitrogen and oxygen atoms in total. The summed E-state index contributed by atoms with van der Waals surface area (Å²) in [5.74, 6) is 5.76. The van der Waals surface area contributed by atoms with Crippen molar-refractivity contribution < 1.29 is 14.4 Å². The molecule has 0 N–H and O–H groups in total. The van der Waals surface area contributed by atoms with Gasteiger partial charge in [-0.15, -0.1) is 0 Å². The van der Waals surface area contributed by atoms with Crippen LogP contribution in [0.25, 0.3) is 0 Å². The lowest BCUT2D eigenvalue weighted by Crippen LogP contribution is -2.55. The molecule has 4 aliphatic carbocycles. The number of amides is 1. The molecule has 6 unspecified atom stereocenters. The zero-order valence-electron chi connectivity index (χ0n) is 21.5. The number of ether oxygens (including phenoxy) is 1. The van der Waals surface area contributed by atoms with Crippen molar-refractivity contribution in [3.63, 3.8) is 0 Å². The first kappa shape index (κ1) is 24.4. The molecule has 0 aromatic rings. The fourth-order valence-corrected chi connectivity index (χ4v) is 9.42. The summed E-state index contributed by atoms with van der Waals surface area (Å²) in [6.07, 6.45) is 17.8. The maximum Gasteiger partial charge on any atom is 0.433 e. The van der Waals surface area contributed by atoms with Crippen LogP contribution in [0.1, 0.15) is 104 Å². The number of hydrogen-bond donors (Lipinski definition) is 0. The summed E-state index contributed by atoms with van der Waals surface area (Å²) in [7, 11) is 3.07. The van der Waals surface area contributed by atoms with Gasteiger partial charge in [0.15, 0.2) is 0 Å². The van der Waals surface area contributed by atoms with Gasteiger partial charge in [-0.05, 0) is 111 Å². The van der Waals surface area contributed by atoms with Crippen LogP contribution >= 0.6 is 0 Å². The average molecular weight is 448 g/mol. The van der Waals surface area contributed by atoms with Gasteiger partial charge in [0.1, 0.15) is 0 Å². The number of fused-ring (bicyclic) bond motifs is 5. The van der Waals surface area contributed by atoms with E-state index in [4.69, 9.17) is 9.57 Å². The Labute approximate surface area is 197 Å². The second-order valence-electron chi connectivity index (χ2n) is 12.2. The van der Waals surface area contributed by atoms with Gasteiger partial charge in [-0.2, -0.15) is 5.06 Å². The molecule has 0 saturated heterocycles. The Bertz CT molecular complexity index is 653. The smallest absolute Gasteiger partial charge is 0.433 e. The number of carbonyl (C=O) groups is 1. The second-order valence-corrected chi connectivity index (χ2v) is 12.2. The molecule has 1 amide bonds.